The first-order valence-electron chi connectivity index (χ1n) is 5.60. The maximum atomic E-state index is 13.5. The van der Waals surface area contributed by atoms with Crippen LogP contribution >= 0.6 is 15.9 Å². The molecule has 0 saturated heterocycles. The fourth-order valence-electron chi connectivity index (χ4n) is 1.75. The van der Waals surface area contributed by atoms with E-state index < -0.39 is 23.1 Å². The number of carbonyl (C=O) groups is 1. The second-order valence-electron chi connectivity index (χ2n) is 4.63. The van der Waals surface area contributed by atoms with Gasteiger partial charge in [0, 0.05) is 16.4 Å². The molecule has 0 heterocycles. The van der Waals surface area contributed by atoms with Gasteiger partial charge in [-0.2, -0.15) is 0 Å². The SMILES string of the molecule is NCC1(CNC(=O)c2c(F)cc(Br)cc2F)CC1. The predicted molar refractivity (Wildman–Crippen MR) is 67.1 cm³/mol. The maximum Gasteiger partial charge on any atom is 0.257 e. The molecule has 1 aliphatic rings. The van der Waals surface area contributed by atoms with Crippen LogP contribution in [0.4, 0.5) is 8.78 Å². The summed E-state index contributed by atoms with van der Waals surface area (Å²) in [6, 6.07) is 2.13. The van der Waals surface area contributed by atoms with E-state index in [1.165, 1.54) is 0 Å². The van der Waals surface area contributed by atoms with Gasteiger partial charge in [0.2, 0.25) is 0 Å². The number of hydrogen-bond donors (Lipinski definition) is 2. The lowest BCUT2D eigenvalue weighted by Crippen LogP contribution is -2.34. The Morgan fingerprint density at radius 1 is 1.39 bits per heavy atom. The smallest absolute Gasteiger partial charge is 0.257 e. The van der Waals surface area contributed by atoms with Gasteiger partial charge >= 0.3 is 0 Å². The fourth-order valence-corrected chi connectivity index (χ4v) is 2.15. The molecule has 0 aliphatic heterocycles. The van der Waals surface area contributed by atoms with Crippen LogP contribution in [0.5, 0.6) is 0 Å². The van der Waals surface area contributed by atoms with E-state index in [0.717, 1.165) is 25.0 Å². The number of hydrogen-bond acceptors (Lipinski definition) is 2. The summed E-state index contributed by atoms with van der Waals surface area (Å²) in [5.41, 5.74) is 4.95. The molecule has 6 heteroatoms. The average Bonchev–Trinajstić information content (AvgIpc) is 3.05. The Bertz CT molecular complexity index is 466. The predicted octanol–water partition coefficient (Wildman–Crippen LogP) is 2.20. The number of nitrogens with one attached hydrogen (secondary N) is 1. The van der Waals surface area contributed by atoms with Crippen LogP contribution in [0.2, 0.25) is 0 Å². The van der Waals surface area contributed by atoms with Gasteiger partial charge in [-0.3, -0.25) is 4.79 Å². The molecular formula is C12H13BrF2N2O. The summed E-state index contributed by atoms with van der Waals surface area (Å²) in [5.74, 6) is -2.49. The molecule has 18 heavy (non-hydrogen) atoms. The Morgan fingerprint density at radius 2 is 1.94 bits per heavy atom. The highest BCUT2D eigenvalue weighted by Crippen LogP contribution is 2.43. The molecule has 1 saturated carbocycles. The first-order valence-corrected chi connectivity index (χ1v) is 6.39. The third-order valence-electron chi connectivity index (χ3n) is 3.25. The van der Waals surface area contributed by atoms with Crippen molar-refractivity contribution >= 4 is 21.8 Å². The summed E-state index contributed by atoms with van der Waals surface area (Å²) in [7, 11) is 0. The van der Waals surface area contributed by atoms with Crippen molar-refractivity contribution in [3.63, 3.8) is 0 Å². The number of benzene rings is 1. The lowest BCUT2D eigenvalue weighted by molar-refractivity contribution is 0.0937. The van der Waals surface area contributed by atoms with Gasteiger partial charge in [0.25, 0.3) is 5.91 Å². The molecule has 0 spiro atoms. The second kappa shape index (κ2) is 4.93. The third kappa shape index (κ3) is 2.70. The molecule has 3 nitrogen and oxygen atoms in total. The zero-order valence-corrected chi connectivity index (χ0v) is 11.2. The fraction of sp³-hybridized carbons (Fsp3) is 0.417. The van der Waals surface area contributed by atoms with Crippen LogP contribution in [0.25, 0.3) is 0 Å². The molecule has 1 fully saturated rings. The topological polar surface area (TPSA) is 55.1 Å². The summed E-state index contributed by atoms with van der Waals surface area (Å²) < 4.78 is 27.3. The van der Waals surface area contributed by atoms with Crippen LogP contribution in [0.1, 0.15) is 23.2 Å². The lowest BCUT2D eigenvalue weighted by Gasteiger charge is -2.14. The number of carbonyl (C=O) groups excluding carboxylic acids is 1. The van der Waals surface area contributed by atoms with Gasteiger partial charge < -0.3 is 11.1 Å². The number of halogens is 3. The molecule has 0 atom stereocenters. The first-order chi connectivity index (χ1) is 8.47. The molecule has 1 amide bonds. The molecule has 2 rings (SSSR count). The number of amides is 1. The average molecular weight is 319 g/mol. The molecule has 0 bridgehead atoms. The minimum atomic E-state index is -0.878. The van der Waals surface area contributed by atoms with E-state index in [0.29, 0.717) is 13.1 Å². The van der Waals surface area contributed by atoms with E-state index >= 15 is 0 Å². The van der Waals surface area contributed by atoms with E-state index in [2.05, 4.69) is 21.2 Å². The van der Waals surface area contributed by atoms with E-state index in [9.17, 15) is 13.6 Å². The summed E-state index contributed by atoms with van der Waals surface area (Å²) in [5, 5.41) is 2.54. The first kappa shape index (κ1) is 13.4. The standard InChI is InChI=1S/C12H13BrF2N2O/c13-7-3-8(14)10(9(15)4-7)11(18)17-6-12(5-16)1-2-12/h3-4H,1-2,5-6,16H2,(H,17,18). The monoisotopic (exact) mass is 318 g/mol. The number of rotatable bonds is 4. The van der Waals surface area contributed by atoms with Gasteiger partial charge in [0.1, 0.15) is 17.2 Å². The Morgan fingerprint density at radius 3 is 2.39 bits per heavy atom. The molecule has 1 aliphatic carbocycles. The quantitative estimate of drug-likeness (QED) is 0.894. The molecule has 0 unspecified atom stereocenters. The number of nitrogens with two attached hydrogens (primary N) is 1. The summed E-state index contributed by atoms with van der Waals surface area (Å²) in [6.07, 6.45) is 1.88. The van der Waals surface area contributed by atoms with Crippen LogP contribution in [0.3, 0.4) is 0 Å². The van der Waals surface area contributed by atoms with Crippen molar-refractivity contribution in [2.24, 2.45) is 11.1 Å². The normalized spacial score (nSPS) is 16.4. The molecule has 1 aromatic rings. The van der Waals surface area contributed by atoms with Gasteiger partial charge in [0.05, 0.1) is 0 Å². The van der Waals surface area contributed by atoms with Gasteiger partial charge in [-0.15, -0.1) is 0 Å². The van der Waals surface area contributed by atoms with Crippen molar-refractivity contribution in [2.75, 3.05) is 13.1 Å². The van der Waals surface area contributed by atoms with Crippen LogP contribution < -0.4 is 11.1 Å². The van der Waals surface area contributed by atoms with Crippen LogP contribution in [-0.2, 0) is 0 Å². The van der Waals surface area contributed by atoms with Crippen molar-refractivity contribution in [2.45, 2.75) is 12.8 Å². The molecular weight excluding hydrogens is 306 g/mol. The Hall–Kier alpha value is -1.01. The Labute approximate surface area is 112 Å². The van der Waals surface area contributed by atoms with Gasteiger partial charge in [-0.05, 0) is 31.5 Å². The van der Waals surface area contributed by atoms with Crippen molar-refractivity contribution in [3.05, 3.63) is 33.8 Å². The Balaban J connectivity index is 2.09. The van der Waals surface area contributed by atoms with E-state index in [4.69, 9.17) is 5.73 Å². The highest BCUT2D eigenvalue weighted by atomic mass is 79.9. The summed E-state index contributed by atoms with van der Waals surface area (Å²) in [6.45, 7) is 0.829. The van der Waals surface area contributed by atoms with Crippen molar-refractivity contribution in [3.8, 4) is 0 Å². The maximum absolute atomic E-state index is 13.5. The molecule has 1 aromatic carbocycles. The van der Waals surface area contributed by atoms with Crippen molar-refractivity contribution in [1.82, 2.24) is 5.32 Å². The molecule has 0 radical (unpaired) electrons. The molecule has 3 N–H and O–H groups in total. The van der Waals surface area contributed by atoms with Crippen LogP contribution in [0.15, 0.2) is 16.6 Å². The minimum absolute atomic E-state index is 0.0715. The zero-order valence-electron chi connectivity index (χ0n) is 9.60. The van der Waals surface area contributed by atoms with Gasteiger partial charge in [-0.25, -0.2) is 8.78 Å². The Kier molecular flexibility index (Phi) is 3.68. The van der Waals surface area contributed by atoms with Gasteiger partial charge in [-0.1, -0.05) is 15.9 Å². The molecule has 98 valence electrons. The third-order valence-corrected chi connectivity index (χ3v) is 3.71. The minimum Gasteiger partial charge on any atom is -0.351 e. The largest absolute Gasteiger partial charge is 0.351 e. The molecule has 0 aromatic heterocycles. The van der Waals surface area contributed by atoms with Crippen LogP contribution in [-0.4, -0.2) is 19.0 Å². The van der Waals surface area contributed by atoms with Crippen molar-refractivity contribution < 1.29 is 13.6 Å². The zero-order chi connectivity index (χ0) is 13.3. The summed E-state index contributed by atoms with van der Waals surface area (Å²) in [4.78, 5) is 11.7. The second-order valence-corrected chi connectivity index (χ2v) is 5.55. The van der Waals surface area contributed by atoms with E-state index in [1.807, 2.05) is 0 Å². The van der Waals surface area contributed by atoms with E-state index in [1.54, 1.807) is 0 Å². The highest BCUT2D eigenvalue weighted by Gasteiger charge is 2.41. The van der Waals surface area contributed by atoms with Crippen LogP contribution in [0, 0.1) is 17.0 Å². The highest BCUT2D eigenvalue weighted by molar-refractivity contribution is 9.10. The lowest BCUT2D eigenvalue weighted by atomic mass is 10.1. The summed E-state index contributed by atoms with van der Waals surface area (Å²) >= 11 is 2.96. The van der Waals surface area contributed by atoms with Gasteiger partial charge in [0.15, 0.2) is 0 Å². The van der Waals surface area contributed by atoms with E-state index in [-0.39, 0.29) is 9.89 Å². The van der Waals surface area contributed by atoms with Crippen molar-refractivity contribution in [1.29, 1.82) is 0 Å².